The minimum absolute atomic E-state index is 0.127. The van der Waals surface area contributed by atoms with Gasteiger partial charge in [-0.05, 0) is 30.9 Å². The summed E-state index contributed by atoms with van der Waals surface area (Å²) in [5.41, 5.74) is 0.292. The summed E-state index contributed by atoms with van der Waals surface area (Å²) in [5.74, 6) is 0.477. The van der Waals surface area contributed by atoms with E-state index in [-0.39, 0.29) is 17.3 Å². The minimum atomic E-state index is -0.264. The van der Waals surface area contributed by atoms with Crippen molar-refractivity contribution < 1.29 is 4.79 Å². The minimum Gasteiger partial charge on any atom is -0.339 e. The van der Waals surface area contributed by atoms with Crippen LogP contribution in [0, 0.1) is 5.92 Å². The van der Waals surface area contributed by atoms with Gasteiger partial charge in [0.2, 0.25) is 0 Å². The number of benzene rings is 1. The third-order valence-corrected chi connectivity index (χ3v) is 4.42. The fourth-order valence-corrected chi connectivity index (χ4v) is 3.21. The number of hydrogen-bond donors (Lipinski definition) is 1. The average molecular weight is 299 g/mol. The Balaban J connectivity index is 1.80. The number of nitrogens with zero attached hydrogens (tertiary/aromatic N) is 2. The number of hydrogen-bond acceptors (Lipinski definition) is 3. The number of aromatic nitrogens is 2. The molecule has 0 unspecified atom stereocenters. The van der Waals surface area contributed by atoms with Gasteiger partial charge in [-0.25, -0.2) is 4.98 Å². The van der Waals surface area contributed by atoms with E-state index in [0.717, 1.165) is 6.54 Å². The van der Waals surface area contributed by atoms with Crippen LogP contribution in [-0.4, -0.2) is 34.4 Å². The average Bonchev–Trinajstić information content (AvgIpc) is 2.55. The molecule has 116 valence electrons. The molecule has 3 rings (SSSR count). The van der Waals surface area contributed by atoms with Gasteiger partial charge in [0.25, 0.3) is 11.5 Å². The zero-order chi connectivity index (χ0) is 15.5. The second-order valence-corrected chi connectivity index (χ2v) is 6.12. The van der Waals surface area contributed by atoms with E-state index in [1.165, 1.54) is 32.1 Å². The lowest BCUT2D eigenvalue weighted by Gasteiger charge is -2.26. The second kappa shape index (κ2) is 6.30. The summed E-state index contributed by atoms with van der Waals surface area (Å²) < 4.78 is 0. The molecule has 1 fully saturated rings. The van der Waals surface area contributed by atoms with E-state index in [1.54, 1.807) is 30.1 Å². The zero-order valence-electron chi connectivity index (χ0n) is 12.8. The quantitative estimate of drug-likeness (QED) is 0.947. The van der Waals surface area contributed by atoms with Crippen molar-refractivity contribution in [2.45, 2.75) is 32.1 Å². The van der Waals surface area contributed by atoms with Crippen LogP contribution in [0.5, 0.6) is 0 Å². The summed E-state index contributed by atoms with van der Waals surface area (Å²) in [4.78, 5) is 33.2. The lowest BCUT2D eigenvalue weighted by molar-refractivity contribution is 0.0748. The number of H-pyrrole nitrogens is 1. The number of fused-ring (bicyclic) bond motifs is 1. The molecule has 1 amide bonds. The molecule has 0 saturated heterocycles. The lowest BCUT2D eigenvalue weighted by Crippen LogP contribution is -2.34. The van der Waals surface area contributed by atoms with Gasteiger partial charge in [0.15, 0.2) is 5.82 Å². The Morgan fingerprint density at radius 3 is 2.77 bits per heavy atom. The Morgan fingerprint density at radius 1 is 1.27 bits per heavy atom. The molecule has 1 N–H and O–H groups in total. The molecule has 22 heavy (non-hydrogen) atoms. The highest BCUT2D eigenvalue weighted by atomic mass is 16.2. The largest absolute Gasteiger partial charge is 0.339 e. The topological polar surface area (TPSA) is 66.1 Å². The van der Waals surface area contributed by atoms with Crippen LogP contribution < -0.4 is 5.56 Å². The van der Waals surface area contributed by atoms with Crippen LogP contribution in [0.15, 0.2) is 29.1 Å². The summed E-state index contributed by atoms with van der Waals surface area (Å²) >= 11 is 0. The van der Waals surface area contributed by atoms with Gasteiger partial charge < -0.3 is 9.88 Å². The van der Waals surface area contributed by atoms with E-state index in [1.807, 2.05) is 6.07 Å². The first-order chi connectivity index (χ1) is 10.6. The normalized spacial score (nSPS) is 15.9. The van der Waals surface area contributed by atoms with Crippen molar-refractivity contribution >= 4 is 16.8 Å². The number of carbonyl (C=O) groups is 1. The van der Waals surface area contributed by atoms with Crippen LogP contribution in [0.1, 0.15) is 42.7 Å². The standard InChI is InChI=1S/C17H21N3O2/c1-20(11-12-7-3-2-4-8-12)17(22)15-18-14-10-6-5-9-13(14)16(21)19-15/h5-6,9-10,12H,2-4,7-8,11H2,1H3,(H,18,19,21). The van der Waals surface area contributed by atoms with Gasteiger partial charge in [-0.2, -0.15) is 0 Å². The fraction of sp³-hybridized carbons (Fsp3) is 0.471. The van der Waals surface area contributed by atoms with Crippen molar-refractivity contribution in [1.82, 2.24) is 14.9 Å². The maximum absolute atomic E-state index is 12.5. The molecular formula is C17H21N3O2. The van der Waals surface area contributed by atoms with Gasteiger partial charge in [0.1, 0.15) is 0 Å². The number of amides is 1. The van der Waals surface area contributed by atoms with Crippen LogP contribution in [0.25, 0.3) is 10.9 Å². The van der Waals surface area contributed by atoms with Crippen LogP contribution in [0.4, 0.5) is 0 Å². The molecule has 5 nitrogen and oxygen atoms in total. The number of rotatable bonds is 3. The monoisotopic (exact) mass is 299 g/mol. The zero-order valence-corrected chi connectivity index (χ0v) is 12.8. The predicted octanol–water partition coefficient (Wildman–Crippen LogP) is 2.58. The number of para-hydroxylation sites is 1. The fourth-order valence-electron chi connectivity index (χ4n) is 3.21. The number of nitrogens with one attached hydrogen (secondary N) is 1. The molecule has 1 aromatic heterocycles. The molecule has 0 radical (unpaired) electrons. The lowest BCUT2D eigenvalue weighted by atomic mass is 9.89. The molecule has 1 aliphatic rings. The summed E-state index contributed by atoms with van der Waals surface area (Å²) in [5, 5.41) is 0.508. The smallest absolute Gasteiger partial charge is 0.289 e. The molecular weight excluding hydrogens is 278 g/mol. The molecule has 0 atom stereocenters. The van der Waals surface area contributed by atoms with E-state index in [0.29, 0.717) is 16.8 Å². The molecule has 1 aliphatic carbocycles. The molecule has 1 saturated carbocycles. The third-order valence-electron chi connectivity index (χ3n) is 4.42. The molecule has 1 heterocycles. The highest BCUT2D eigenvalue weighted by Crippen LogP contribution is 2.24. The van der Waals surface area contributed by atoms with Crippen molar-refractivity contribution in [1.29, 1.82) is 0 Å². The molecule has 5 heteroatoms. The predicted molar refractivity (Wildman–Crippen MR) is 85.9 cm³/mol. The van der Waals surface area contributed by atoms with Crippen LogP contribution in [-0.2, 0) is 0 Å². The van der Waals surface area contributed by atoms with Crippen molar-refractivity contribution in [3.63, 3.8) is 0 Å². The Hall–Kier alpha value is -2.17. The van der Waals surface area contributed by atoms with E-state index < -0.39 is 0 Å². The van der Waals surface area contributed by atoms with Crippen LogP contribution in [0.2, 0.25) is 0 Å². The first kappa shape index (κ1) is 14.8. The maximum Gasteiger partial charge on any atom is 0.289 e. The van der Waals surface area contributed by atoms with E-state index >= 15 is 0 Å². The van der Waals surface area contributed by atoms with E-state index in [4.69, 9.17) is 0 Å². The van der Waals surface area contributed by atoms with Crippen molar-refractivity contribution in [2.24, 2.45) is 5.92 Å². The first-order valence-electron chi connectivity index (χ1n) is 7.89. The first-order valence-corrected chi connectivity index (χ1v) is 7.89. The van der Waals surface area contributed by atoms with Crippen molar-refractivity contribution in [2.75, 3.05) is 13.6 Å². The van der Waals surface area contributed by atoms with Crippen molar-refractivity contribution in [3.05, 3.63) is 40.4 Å². The van der Waals surface area contributed by atoms with E-state index in [2.05, 4.69) is 9.97 Å². The van der Waals surface area contributed by atoms with Crippen LogP contribution >= 0.6 is 0 Å². The van der Waals surface area contributed by atoms with Gasteiger partial charge in [0.05, 0.1) is 10.9 Å². The summed E-state index contributed by atoms with van der Waals surface area (Å²) in [7, 11) is 1.78. The maximum atomic E-state index is 12.5. The SMILES string of the molecule is CN(CC1CCCCC1)C(=O)c1nc2ccccc2c(=O)[nH]1. The number of aromatic amines is 1. The Kier molecular flexibility index (Phi) is 4.22. The van der Waals surface area contributed by atoms with Gasteiger partial charge in [-0.1, -0.05) is 31.4 Å². The van der Waals surface area contributed by atoms with Crippen LogP contribution in [0.3, 0.4) is 0 Å². The summed E-state index contributed by atoms with van der Waals surface area (Å²) in [6.07, 6.45) is 6.15. The molecule has 0 aliphatic heterocycles. The molecule has 0 bridgehead atoms. The Bertz CT molecular complexity index is 732. The van der Waals surface area contributed by atoms with Crippen molar-refractivity contribution in [3.8, 4) is 0 Å². The highest BCUT2D eigenvalue weighted by Gasteiger charge is 2.21. The number of carbonyl (C=O) groups excluding carboxylic acids is 1. The van der Waals surface area contributed by atoms with Gasteiger partial charge in [-0.3, -0.25) is 9.59 Å². The Morgan fingerprint density at radius 2 is 2.00 bits per heavy atom. The molecule has 0 spiro atoms. The summed E-state index contributed by atoms with van der Waals surface area (Å²) in [6.45, 7) is 0.732. The second-order valence-electron chi connectivity index (χ2n) is 6.12. The van der Waals surface area contributed by atoms with Gasteiger partial charge >= 0.3 is 0 Å². The molecule has 2 aromatic rings. The van der Waals surface area contributed by atoms with Gasteiger partial charge in [-0.15, -0.1) is 0 Å². The summed E-state index contributed by atoms with van der Waals surface area (Å²) in [6, 6.07) is 7.06. The Labute approximate surface area is 129 Å². The van der Waals surface area contributed by atoms with E-state index in [9.17, 15) is 9.59 Å². The third kappa shape index (κ3) is 3.03. The van der Waals surface area contributed by atoms with Gasteiger partial charge in [0, 0.05) is 13.6 Å². The highest BCUT2D eigenvalue weighted by molar-refractivity contribution is 5.92. The molecule has 1 aromatic carbocycles.